The molecule has 5 nitrogen and oxygen atoms in total. The third-order valence-corrected chi connectivity index (χ3v) is 3.79. The maximum absolute atomic E-state index is 12.6. The molecule has 0 saturated carbocycles. The van der Waals surface area contributed by atoms with Crippen molar-refractivity contribution in [1.82, 2.24) is 15.3 Å². The van der Waals surface area contributed by atoms with Crippen LogP contribution in [0.5, 0.6) is 5.75 Å². The van der Waals surface area contributed by atoms with Crippen LogP contribution in [-0.4, -0.2) is 23.0 Å². The summed E-state index contributed by atoms with van der Waals surface area (Å²) in [7, 11) is 1.55. The number of carbonyl (C=O) groups is 1. The molecule has 0 atom stereocenters. The van der Waals surface area contributed by atoms with Gasteiger partial charge in [0, 0.05) is 17.3 Å². The average Bonchev–Trinajstić information content (AvgIpc) is 2.53. The standard InChI is InChI=1S/C17H18F3N3O2/c1-9-7-21-13(10(2)15(9)25-4)8-22-16(24)12-5-6-14(17(18,19)20)23-11(12)3/h5-7H,8H2,1-4H3,(H,22,24). The van der Waals surface area contributed by atoms with Crippen molar-refractivity contribution >= 4 is 5.91 Å². The van der Waals surface area contributed by atoms with E-state index in [9.17, 15) is 18.0 Å². The van der Waals surface area contributed by atoms with Gasteiger partial charge in [0.15, 0.2) is 0 Å². The van der Waals surface area contributed by atoms with Crippen molar-refractivity contribution < 1.29 is 22.7 Å². The second kappa shape index (κ2) is 7.08. The zero-order valence-corrected chi connectivity index (χ0v) is 14.3. The number of hydrogen-bond donors (Lipinski definition) is 1. The second-order valence-electron chi connectivity index (χ2n) is 5.56. The number of nitrogens with zero attached hydrogens (tertiary/aromatic N) is 2. The zero-order chi connectivity index (χ0) is 18.8. The number of carbonyl (C=O) groups excluding carboxylic acids is 1. The number of halogens is 3. The first kappa shape index (κ1) is 18.7. The number of aromatic nitrogens is 2. The number of methoxy groups -OCH3 is 1. The molecule has 2 heterocycles. The monoisotopic (exact) mass is 353 g/mol. The van der Waals surface area contributed by atoms with Crippen molar-refractivity contribution in [3.63, 3.8) is 0 Å². The first-order valence-corrected chi connectivity index (χ1v) is 7.47. The van der Waals surface area contributed by atoms with Gasteiger partial charge in [0.1, 0.15) is 11.4 Å². The van der Waals surface area contributed by atoms with Crippen LogP contribution in [0.4, 0.5) is 13.2 Å². The van der Waals surface area contributed by atoms with Gasteiger partial charge in [-0.3, -0.25) is 9.78 Å². The summed E-state index contributed by atoms with van der Waals surface area (Å²) in [4.78, 5) is 20.0. The number of rotatable bonds is 4. The summed E-state index contributed by atoms with van der Waals surface area (Å²) in [6.45, 7) is 5.17. The Balaban J connectivity index is 2.16. The molecule has 134 valence electrons. The molecule has 0 bridgehead atoms. The molecule has 0 spiro atoms. The molecule has 0 aromatic carbocycles. The van der Waals surface area contributed by atoms with Crippen molar-refractivity contribution in [3.8, 4) is 5.75 Å². The Morgan fingerprint density at radius 2 is 1.92 bits per heavy atom. The molecule has 2 aromatic rings. The van der Waals surface area contributed by atoms with E-state index >= 15 is 0 Å². The van der Waals surface area contributed by atoms with Crippen molar-refractivity contribution in [1.29, 1.82) is 0 Å². The molecule has 0 radical (unpaired) electrons. The van der Waals surface area contributed by atoms with Crippen LogP contribution in [0.2, 0.25) is 0 Å². The van der Waals surface area contributed by atoms with E-state index in [-0.39, 0.29) is 17.8 Å². The minimum atomic E-state index is -4.54. The molecule has 1 N–H and O–H groups in total. The van der Waals surface area contributed by atoms with Crippen LogP contribution in [-0.2, 0) is 12.7 Å². The SMILES string of the molecule is COc1c(C)cnc(CNC(=O)c2ccc(C(F)(F)F)nc2C)c1C. The highest BCUT2D eigenvalue weighted by Crippen LogP contribution is 2.28. The number of ether oxygens (including phenoxy) is 1. The first-order valence-electron chi connectivity index (χ1n) is 7.47. The Kier molecular flexibility index (Phi) is 5.30. The normalized spacial score (nSPS) is 11.3. The van der Waals surface area contributed by atoms with E-state index in [1.807, 2.05) is 13.8 Å². The van der Waals surface area contributed by atoms with Crippen LogP contribution in [0.15, 0.2) is 18.3 Å². The Labute approximate surface area is 143 Å². The number of aryl methyl sites for hydroxylation is 2. The van der Waals surface area contributed by atoms with E-state index < -0.39 is 17.8 Å². The van der Waals surface area contributed by atoms with E-state index in [1.165, 1.54) is 6.92 Å². The molecule has 2 aromatic heterocycles. The quantitative estimate of drug-likeness (QED) is 0.915. The third-order valence-electron chi connectivity index (χ3n) is 3.79. The molecule has 0 aliphatic heterocycles. The van der Waals surface area contributed by atoms with E-state index in [4.69, 9.17) is 4.74 Å². The number of nitrogens with one attached hydrogen (secondary N) is 1. The molecule has 0 fully saturated rings. The van der Waals surface area contributed by atoms with Gasteiger partial charge in [-0.05, 0) is 32.9 Å². The van der Waals surface area contributed by atoms with Gasteiger partial charge < -0.3 is 10.1 Å². The minimum absolute atomic E-state index is 0.0125. The molecule has 8 heteroatoms. The minimum Gasteiger partial charge on any atom is -0.496 e. The van der Waals surface area contributed by atoms with E-state index in [1.54, 1.807) is 13.3 Å². The number of hydrogen-bond acceptors (Lipinski definition) is 4. The van der Waals surface area contributed by atoms with E-state index in [0.717, 1.165) is 23.3 Å². The van der Waals surface area contributed by atoms with Gasteiger partial charge in [-0.25, -0.2) is 4.98 Å². The molecule has 1 amide bonds. The first-order chi connectivity index (χ1) is 11.6. The lowest BCUT2D eigenvalue weighted by atomic mass is 10.1. The van der Waals surface area contributed by atoms with Crippen molar-refractivity contribution in [2.75, 3.05) is 7.11 Å². The van der Waals surface area contributed by atoms with Gasteiger partial charge in [0.05, 0.1) is 30.6 Å². The van der Waals surface area contributed by atoms with Crippen LogP contribution in [0.1, 0.15) is 38.6 Å². The van der Waals surface area contributed by atoms with Gasteiger partial charge in [-0.15, -0.1) is 0 Å². The number of amides is 1. The van der Waals surface area contributed by atoms with Gasteiger partial charge in [0.2, 0.25) is 0 Å². The fraction of sp³-hybridized carbons (Fsp3) is 0.353. The van der Waals surface area contributed by atoms with Gasteiger partial charge in [-0.2, -0.15) is 13.2 Å². The summed E-state index contributed by atoms with van der Waals surface area (Å²) in [6, 6.07) is 1.91. The Bertz CT molecular complexity index is 804. The second-order valence-corrected chi connectivity index (χ2v) is 5.56. The highest BCUT2D eigenvalue weighted by molar-refractivity contribution is 5.95. The molecular weight excluding hydrogens is 335 g/mol. The Morgan fingerprint density at radius 1 is 1.24 bits per heavy atom. The van der Waals surface area contributed by atoms with Gasteiger partial charge in [-0.1, -0.05) is 0 Å². The summed E-state index contributed by atoms with van der Waals surface area (Å²) >= 11 is 0. The van der Waals surface area contributed by atoms with E-state index in [0.29, 0.717) is 11.4 Å². The summed E-state index contributed by atoms with van der Waals surface area (Å²) in [5.41, 5.74) is 1.36. The van der Waals surface area contributed by atoms with Crippen LogP contribution in [0.25, 0.3) is 0 Å². The van der Waals surface area contributed by atoms with Crippen LogP contribution in [0.3, 0.4) is 0 Å². The summed E-state index contributed by atoms with van der Waals surface area (Å²) in [5.74, 6) is 0.172. The molecular formula is C17H18F3N3O2. The van der Waals surface area contributed by atoms with Crippen LogP contribution in [0, 0.1) is 20.8 Å². The highest BCUT2D eigenvalue weighted by Gasteiger charge is 2.33. The lowest BCUT2D eigenvalue weighted by Gasteiger charge is -2.13. The molecule has 0 unspecified atom stereocenters. The summed E-state index contributed by atoms with van der Waals surface area (Å²) in [6.07, 6.45) is -2.91. The van der Waals surface area contributed by atoms with Crippen LogP contribution < -0.4 is 10.1 Å². The molecule has 25 heavy (non-hydrogen) atoms. The largest absolute Gasteiger partial charge is 0.496 e. The smallest absolute Gasteiger partial charge is 0.433 e. The molecule has 0 aliphatic rings. The summed E-state index contributed by atoms with van der Waals surface area (Å²) in [5, 5.41) is 2.65. The summed E-state index contributed by atoms with van der Waals surface area (Å²) < 4.78 is 43.2. The number of alkyl halides is 3. The Hall–Kier alpha value is -2.64. The topological polar surface area (TPSA) is 64.1 Å². The third kappa shape index (κ3) is 4.07. The van der Waals surface area contributed by atoms with Crippen molar-refractivity contribution in [2.45, 2.75) is 33.5 Å². The van der Waals surface area contributed by atoms with Crippen molar-refractivity contribution in [3.05, 3.63) is 52.1 Å². The van der Waals surface area contributed by atoms with Crippen molar-refractivity contribution in [2.24, 2.45) is 0 Å². The predicted molar refractivity (Wildman–Crippen MR) is 85.4 cm³/mol. The lowest BCUT2D eigenvalue weighted by Crippen LogP contribution is -2.25. The van der Waals surface area contributed by atoms with Gasteiger partial charge in [0.25, 0.3) is 5.91 Å². The molecule has 0 aliphatic carbocycles. The zero-order valence-electron chi connectivity index (χ0n) is 14.3. The van der Waals surface area contributed by atoms with E-state index in [2.05, 4.69) is 15.3 Å². The predicted octanol–water partition coefficient (Wildman–Crippen LogP) is 3.36. The van der Waals surface area contributed by atoms with Crippen LogP contribution >= 0.6 is 0 Å². The molecule has 0 saturated heterocycles. The fourth-order valence-electron chi connectivity index (χ4n) is 2.47. The maximum atomic E-state index is 12.6. The van der Waals surface area contributed by atoms with Gasteiger partial charge >= 0.3 is 6.18 Å². The molecule has 2 rings (SSSR count). The fourth-order valence-corrected chi connectivity index (χ4v) is 2.47. The lowest BCUT2D eigenvalue weighted by molar-refractivity contribution is -0.141. The Morgan fingerprint density at radius 3 is 2.48 bits per heavy atom. The number of pyridine rings is 2. The highest BCUT2D eigenvalue weighted by atomic mass is 19.4. The average molecular weight is 353 g/mol. The maximum Gasteiger partial charge on any atom is 0.433 e.